The van der Waals surface area contributed by atoms with Crippen LogP contribution in [0.5, 0.6) is 0 Å². The summed E-state index contributed by atoms with van der Waals surface area (Å²) in [5, 5.41) is 4.08. The first-order valence-electron chi connectivity index (χ1n) is 4.57. The zero-order valence-corrected chi connectivity index (χ0v) is 9.18. The van der Waals surface area contributed by atoms with Crippen molar-refractivity contribution in [2.45, 2.75) is 12.1 Å². The van der Waals surface area contributed by atoms with Gasteiger partial charge in [0.25, 0.3) is 0 Å². The van der Waals surface area contributed by atoms with Crippen molar-refractivity contribution < 1.29 is 0 Å². The molecule has 0 radical (unpaired) electrons. The van der Waals surface area contributed by atoms with Crippen LogP contribution in [0.25, 0.3) is 0 Å². The van der Waals surface area contributed by atoms with E-state index in [2.05, 4.69) is 21.9 Å². The summed E-state index contributed by atoms with van der Waals surface area (Å²) >= 11 is 1.67. The standard InChI is InChI=1S/C10H15N3S/c1-3-5-11-7-8-14-10-12-6-4-9(2)13-10/h3-4,6,11H,1,5,7-8H2,2H3. The quantitative estimate of drug-likeness (QED) is 0.334. The second-order valence-corrected chi connectivity index (χ2v) is 3.88. The molecule has 0 saturated carbocycles. The maximum atomic E-state index is 4.29. The van der Waals surface area contributed by atoms with Gasteiger partial charge in [0.05, 0.1) is 0 Å². The van der Waals surface area contributed by atoms with E-state index in [0.717, 1.165) is 29.7 Å². The highest BCUT2D eigenvalue weighted by Crippen LogP contribution is 2.10. The van der Waals surface area contributed by atoms with Gasteiger partial charge in [-0.25, -0.2) is 9.97 Å². The number of nitrogens with one attached hydrogen (secondary N) is 1. The maximum Gasteiger partial charge on any atom is 0.187 e. The van der Waals surface area contributed by atoms with Gasteiger partial charge in [-0.3, -0.25) is 0 Å². The van der Waals surface area contributed by atoms with Gasteiger partial charge in [-0.15, -0.1) is 6.58 Å². The highest BCUT2D eigenvalue weighted by Gasteiger charge is 1.96. The molecule has 1 heterocycles. The van der Waals surface area contributed by atoms with Crippen molar-refractivity contribution >= 4 is 11.8 Å². The van der Waals surface area contributed by atoms with Gasteiger partial charge >= 0.3 is 0 Å². The van der Waals surface area contributed by atoms with E-state index in [1.54, 1.807) is 18.0 Å². The monoisotopic (exact) mass is 209 g/mol. The minimum Gasteiger partial charge on any atom is -0.312 e. The Morgan fingerprint density at radius 3 is 3.21 bits per heavy atom. The lowest BCUT2D eigenvalue weighted by atomic mass is 10.5. The van der Waals surface area contributed by atoms with E-state index in [-0.39, 0.29) is 0 Å². The van der Waals surface area contributed by atoms with Crippen molar-refractivity contribution in [3.63, 3.8) is 0 Å². The molecule has 1 aromatic rings. The summed E-state index contributed by atoms with van der Waals surface area (Å²) in [6.07, 6.45) is 3.65. The molecule has 0 bridgehead atoms. The molecule has 0 unspecified atom stereocenters. The molecule has 0 aliphatic heterocycles. The van der Waals surface area contributed by atoms with E-state index in [9.17, 15) is 0 Å². The van der Waals surface area contributed by atoms with Crippen LogP contribution in [-0.2, 0) is 0 Å². The van der Waals surface area contributed by atoms with Crippen molar-refractivity contribution in [1.29, 1.82) is 0 Å². The van der Waals surface area contributed by atoms with Crippen LogP contribution in [0.2, 0.25) is 0 Å². The molecule has 0 fully saturated rings. The van der Waals surface area contributed by atoms with Crippen molar-refractivity contribution in [1.82, 2.24) is 15.3 Å². The van der Waals surface area contributed by atoms with Gasteiger partial charge in [0.15, 0.2) is 5.16 Å². The van der Waals surface area contributed by atoms with Crippen LogP contribution in [0.1, 0.15) is 5.69 Å². The van der Waals surface area contributed by atoms with E-state index in [1.165, 1.54) is 0 Å². The fourth-order valence-corrected chi connectivity index (χ4v) is 1.69. The number of rotatable bonds is 6. The largest absolute Gasteiger partial charge is 0.312 e. The summed E-state index contributed by atoms with van der Waals surface area (Å²) in [6.45, 7) is 7.42. The molecular weight excluding hydrogens is 194 g/mol. The molecule has 4 heteroatoms. The predicted octanol–water partition coefficient (Wildman–Crippen LogP) is 1.65. The van der Waals surface area contributed by atoms with E-state index in [0.29, 0.717) is 0 Å². The first-order chi connectivity index (χ1) is 6.83. The van der Waals surface area contributed by atoms with E-state index in [4.69, 9.17) is 0 Å². The third kappa shape index (κ3) is 4.39. The highest BCUT2D eigenvalue weighted by molar-refractivity contribution is 7.99. The Morgan fingerprint density at radius 1 is 1.64 bits per heavy atom. The Morgan fingerprint density at radius 2 is 2.50 bits per heavy atom. The van der Waals surface area contributed by atoms with Gasteiger partial charge in [-0.05, 0) is 13.0 Å². The molecule has 0 saturated heterocycles. The van der Waals surface area contributed by atoms with Gasteiger partial charge < -0.3 is 5.32 Å². The van der Waals surface area contributed by atoms with Crippen molar-refractivity contribution in [2.24, 2.45) is 0 Å². The molecule has 3 nitrogen and oxygen atoms in total. The van der Waals surface area contributed by atoms with Crippen LogP contribution in [0, 0.1) is 6.92 Å². The number of aromatic nitrogens is 2. The molecule has 1 aromatic heterocycles. The zero-order valence-electron chi connectivity index (χ0n) is 8.36. The topological polar surface area (TPSA) is 37.8 Å². The van der Waals surface area contributed by atoms with Crippen LogP contribution in [-0.4, -0.2) is 28.8 Å². The lowest BCUT2D eigenvalue weighted by molar-refractivity contribution is 0.804. The SMILES string of the molecule is C=CCNCCSc1nccc(C)n1. The number of aryl methyl sites for hydroxylation is 1. The summed E-state index contributed by atoms with van der Waals surface area (Å²) in [7, 11) is 0. The first-order valence-corrected chi connectivity index (χ1v) is 5.55. The summed E-state index contributed by atoms with van der Waals surface area (Å²) in [6, 6.07) is 1.90. The average molecular weight is 209 g/mol. The smallest absolute Gasteiger partial charge is 0.187 e. The molecule has 0 amide bonds. The molecule has 0 aliphatic carbocycles. The van der Waals surface area contributed by atoms with Gasteiger partial charge in [0.1, 0.15) is 0 Å². The molecule has 76 valence electrons. The number of hydrogen-bond acceptors (Lipinski definition) is 4. The lowest BCUT2D eigenvalue weighted by Crippen LogP contribution is -2.16. The maximum absolute atomic E-state index is 4.29. The van der Waals surface area contributed by atoms with Crippen LogP contribution in [0.15, 0.2) is 30.1 Å². The molecule has 0 aromatic carbocycles. The third-order valence-corrected chi connectivity index (χ3v) is 2.43. The van der Waals surface area contributed by atoms with Crippen molar-refractivity contribution in [3.05, 3.63) is 30.6 Å². The molecule has 1 rings (SSSR count). The third-order valence-electron chi connectivity index (χ3n) is 1.57. The number of nitrogens with zero attached hydrogens (tertiary/aromatic N) is 2. The van der Waals surface area contributed by atoms with Crippen LogP contribution < -0.4 is 5.32 Å². The van der Waals surface area contributed by atoms with E-state index >= 15 is 0 Å². The van der Waals surface area contributed by atoms with Crippen LogP contribution in [0.3, 0.4) is 0 Å². The fraction of sp³-hybridized carbons (Fsp3) is 0.400. The predicted molar refractivity (Wildman–Crippen MR) is 60.6 cm³/mol. The Balaban J connectivity index is 2.21. The number of hydrogen-bond donors (Lipinski definition) is 1. The number of thioether (sulfide) groups is 1. The normalized spacial score (nSPS) is 10.1. The van der Waals surface area contributed by atoms with Crippen molar-refractivity contribution in [2.75, 3.05) is 18.8 Å². The Hall–Kier alpha value is -0.870. The van der Waals surface area contributed by atoms with Gasteiger partial charge in [-0.2, -0.15) is 0 Å². The highest BCUT2D eigenvalue weighted by atomic mass is 32.2. The second kappa shape index (κ2) is 6.56. The molecule has 1 N–H and O–H groups in total. The van der Waals surface area contributed by atoms with E-state index < -0.39 is 0 Å². The van der Waals surface area contributed by atoms with Gasteiger partial charge in [0, 0.05) is 30.7 Å². The Labute approximate surface area is 89.0 Å². The van der Waals surface area contributed by atoms with Gasteiger partial charge in [-0.1, -0.05) is 17.8 Å². The molecule has 0 aliphatic rings. The molecule has 0 spiro atoms. The fourth-order valence-electron chi connectivity index (χ4n) is 0.914. The minimum atomic E-state index is 0.852. The average Bonchev–Trinajstić information content (AvgIpc) is 2.18. The molecular formula is C10H15N3S. The minimum absolute atomic E-state index is 0.852. The Bertz CT molecular complexity index is 288. The van der Waals surface area contributed by atoms with Gasteiger partial charge in [0.2, 0.25) is 0 Å². The summed E-state index contributed by atoms with van der Waals surface area (Å²) in [5.41, 5.74) is 1.02. The Kier molecular flexibility index (Phi) is 5.25. The van der Waals surface area contributed by atoms with Crippen molar-refractivity contribution in [3.8, 4) is 0 Å². The summed E-state index contributed by atoms with van der Waals surface area (Å²) in [4.78, 5) is 8.46. The zero-order chi connectivity index (χ0) is 10.2. The summed E-state index contributed by atoms with van der Waals surface area (Å²) in [5.74, 6) is 0.983. The summed E-state index contributed by atoms with van der Waals surface area (Å²) < 4.78 is 0. The second-order valence-electron chi connectivity index (χ2n) is 2.82. The molecule has 14 heavy (non-hydrogen) atoms. The lowest BCUT2D eigenvalue weighted by Gasteiger charge is -2.01. The first kappa shape index (κ1) is 11.2. The van der Waals surface area contributed by atoms with Crippen LogP contribution in [0.4, 0.5) is 0 Å². The van der Waals surface area contributed by atoms with E-state index in [1.807, 2.05) is 19.1 Å². The molecule has 0 atom stereocenters. The van der Waals surface area contributed by atoms with Crippen LogP contribution >= 0.6 is 11.8 Å².